The molecule has 1 nitrogen and oxygen atoms in total. The van der Waals surface area contributed by atoms with Crippen LogP contribution < -0.4 is 0 Å². The lowest BCUT2D eigenvalue weighted by molar-refractivity contribution is 0.0673. The average Bonchev–Trinajstić information content (AvgIpc) is 1.86. The van der Waals surface area contributed by atoms with Crippen molar-refractivity contribution in [1.29, 1.82) is 0 Å². The summed E-state index contributed by atoms with van der Waals surface area (Å²) in [6.45, 7) is 0. The molecule has 2 saturated heterocycles. The second-order valence-corrected chi connectivity index (χ2v) is 3.83. The van der Waals surface area contributed by atoms with Crippen LogP contribution in [0.15, 0.2) is 0 Å². The molecular formula is C9H19Cl2N. The van der Waals surface area contributed by atoms with Crippen molar-refractivity contribution >= 4 is 24.8 Å². The van der Waals surface area contributed by atoms with Gasteiger partial charge in [0.1, 0.15) is 0 Å². The molecule has 0 aliphatic carbocycles. The first-order chi connectivity index (χ1) is 4.88. The Morgan fingerprint density at radius 1 is 0.833 bits per heavy atom. The number of fused-ring (bicyclic) bond motifs is 2. The number of piperidine rings is 2. The fraction of sp³-hybridized carbons (Fsp3) is 1.00. The van der Waals surface area contributed by atoms with Gasteiger partial charge in [-0.25, -0.2) is 0 Å². The van der Waals surface area contributed by atoms with Crippen LogP contribution >= 0.6 is 24.8 Å². The van der Waals surface area contributed by atoms with Crippen LogP contribution in [0.3, 0.4) is 0 Å². The zero-order valence-electron chi connectivity index (χ0n) is 7.66. The molecule has 12 heavy (non-hydrogen) atoms. The molecule has 0 saturated carbocycles. The van der Waals surface area contributed by atoms with Gasteiger partial charge >= 0.3 is 0 Å². The van der Waals surface area contributed by atoms with E-state index in [1.54, 1.807) is 0 Å². The minimum Gasteiger partial charge on any atom is -0.300 e. The van der Waals surface area contributed by atoms with Gasteiger partial charge in [0.2, 0.25) is 0 Å². The molecule has 2 bridgehead atoms. The van der Waals surface area contributed by atoms with Crippen molar-refractivity contribution in [1.82, 2.24) is 4.90 Å². The van der Waals surface area contributed by atoms with E-state index < -0.39 is 0 Å². The van der Waals surface area contributed by atoms with E-state index >= 15 is 0 Å². The lowest BCUT2D eigenvalue weighted by atomic mass is 9.85. The lowest BCUT2D eigenvalue weighted by Crippen LogP contribution is -2.46. The van der Waals surface area contributed by atoms with E-state index in [0.717, 1.165) is 12.1 Å². The van der Waals surface area contributed by atoms with Gasteiger partial charge in [-0.1, -0.05) is 12.8 Å². The van der Waals surface area contributed by atoms with E-state index in [4.69, 9.17) is 0 Å². The van der Waals surface area contributed by atoms with Gasteiger partial charge in [0.15, 0.2) is 0 Å². The van der Waals surface area contributed by atoms with Crippen molar-refractivity contribution < 1.29 is 0 Å². The summed E-state index contributed by atoms with van der Waals surface area (Å²) < 4.78 is 0. The minimum atomic E-state index is 0. The maximum atomic E-state index is 2.62. The minimum absolute atomic E-state index is 0. The molecule has 0 unspecified atom stereocenters. The molecule has 3 heteroatoms. The molecule has 2 heterocycles. The molecule has 74 valence electrons. The van der Waals surface area contributed by atoms with Crippen molar-refractivity contribution in [2.45, 2.75) is 50.6 Å². The van der Waals surface area contributed by atoms with Crippen LogP contribution in [-0.2, 0) is 0 Å². The highest BCUT2D eigenvalue weighted by Gasteiger charge is 2.30. The molecule has 2 aliphatic heterocycles. The third kappa shape index (κ3) is 2.27. The maximum absolute atomic E-state index is 2.62. The van der Waals surface area contributed by atoms with Crippen LogP contribution in [-0.4, -0.2) is 24.0 Å². The van der Waals surface area contributed by atoms with Crippen molar-refractivity contribution in [3.63, 3.8) is 0 Å². The molecule has 0 aromatic carbocycles. The Bertz CT molecular complexity index is 108. The molecule has 0 spiro atoms. The topological polar surface area (TPSA) is 3.24 Å². The van der Waals surface area contributed by atoms with Gasteiger partial charge in [-0.15, -0.1) is 24.8 Å². The summed E-state index contributed by atoms with van der Waals surface area (Å²) in [5.41, 5.74) is 0. The number of hydrogen-bond donors (Lipinski definition) is 0. The molecule has 0 N–H and O–H groups in total. The summed E-state index contributed by atoms with van der Waals surface area (Å²) >= 11 is 0. The summed E-state index contributed by atoms with van der Waals surface area (Å²) in [4.78, 5) is 2.62. The Labute approximate surface area is 87.7 Å². The molecule has 0 aromatic heterocycles. The van der Waals surface area contributed by atoms with Crippen molar-refractivity contribution in [2.75, 3.05) is 7.05 Å². The highest BCUT2D eigenvalue weighted by Crippen LogP contribution is 2.31. The number of hydrogen-bond acceptors (Lipinski definition) is 1. The summed E-state index contributed by atoms with van der Waals surface area (Å²) in [5, 5.41) is 0. The van der Waals surface area contributed by atoms with E-state index in [1.165, 1.54) is 38.5 Å². The van der Waals surface area contributed by atoms with Gasteiger partial charge in [-0.2, -0.15) is 0 Å². The van der Waals surface area contributed by atoms with E-state index in [2.05, 4.69) is 11.9 Å². The standard InChI is InChI=1S/C9H17N.2ClH/c1-10-8-4-2-5-9(10)7-3-6-8;;/h8-9H,2-7H2,1H3;2*1H. The first-order valence-corrected chi connectivity index (χ1v) is 4.60. The fourth-order valence-electron chi connectivity index (χ4n) is 2.58. The quantitative estimate of drug-likeness (QED) is 0.596. The zero-order chi connectivity index (χ0) is 6.97. The van der Waals surface area contributed by atoms with Gasteiger partial charge in [0.25, 0.3) is 0 Å². The molecule has 0 atom stereocenters. The molecular weight excluding hydrogens is 193 g/mol. The van der Waals surface area contributed by atoms with E-state index in [9.17, 15) is 0 Å². The summed E-state index contributed by atoms with van der Waals surface area (Å²) in [6, 6.07) is 1.90. The first-order valence-electron chi connectivity index (χ1n) is 4.60. The summed E-state index contributed by atoms with van der Waals surface area (Å²) in [7, 11) is 2.31. The van der Waals surface area contributed by atoms with E-state index in [1.807, 2.05) is 0 Å². The third-order valence-corrected chi connectivity index (χ3v) is 3.30. The van der Waals surface area contributed by atoms with E-state index in [0.29, 0.717) is 0 Å². The monoisotopic (exact) mass is 211 g/mol. The Balaban J connectivity index is 0.000000605. The number of nitrogens with zero attached hydrogens (tertiary/aromatic N) is 1. The predicted octanol–water partition coefficient (Wildman–Crippen LogP) is 2.87. The second-order valence-electron chi connectivity index (χ2n) is 3.83. The van der Waals surface area contributed by atoms with Crippen LogP contribution in [0.4, 0.5) is 0 Å². The largest absolute Gasteiger partial charge is 0.300 e. The van der Waals surface area contributed by atoms with Gasteiger partial charge in [-0.05, 0) is 32.7 Å². The van der Waals surface area contributed by atoms with Gasteiger partial charge in [0.05, 0.1) is 0 Å². The van der Waals surface area contributed by atoms with Crippen LogP contribution in [0.5, 0.6) is 0 Å². The molecule has 2 aliphatic rings. The smallest absolute Gasteiger partial charge is 0.00951 e. The molecule has 0 amide bonds. The van der Waals surface area contributed by atoms with Crippen molar-refractivity contribution in [3.05, 3.63) is 0 Å². The second kappa shape index (κ2) is 5.31. The molecule has 0 aromatic rings. The molecule has 2 fully saturated rings. The van der Waals surface area contributed by atoms with Gasteiger partial charge in [0, 0.05) is 12.1 Å². The van der Waals surface area contributed by atoms with Crippen molar-refractivity contribution in [2.24, 2.45) is 0 Å². The summed E-state index contributed by atoms with van der Waals surface area (Å²) in [6.07, 6.45) is 8.83. The Kier molecular flexibility index (Phi) is 5.55. The zero-order valence-corrected chi connectivity index (χ0v) is 9.29. The number of halogens is 2. The van der Waals surface area contributed by atoms with E-state index in [-0.39, 0.29) is 24.8 Å². The van der Waals surface area contributed by atoms with Crippen LogP contribution in [0.25, 0.3) is 0 Å². The first kappa shape index (κ1) is 12.5. The van der Waals surface area contributed by atoms with Crippen molar-refractivity contribution in [3.8, 4) is 0 Å². The Morgan fingerprint density at radius 3 is 1.42 bits per heavy atom. The lowest BCUT2D eigenvalue weighted by Gasteiger charge is -2.43. The number of rotatable bonds is 0. The third-order valence-electron chi connectivity index (χ3n) is 3.30. The summed E-state index contributed by atoms with van der Waals surface area (Å²) in [5.74, 6) is 0. The van der Waals surface area contributed by atoms with Crippen LogP contribution in [0.1, 0.15) is 38.5 Å². The Hall–Kier alpha value is 0.540. The highest BCUT2D eigenvalue weighted by molar-refractivity contribution is 5.85. The van der Waals surface area contributed by atoms with Gasteiger partial charge in [-0.3, -0.25) is 0 Å². The maximum Gasteiger partial charge on any atom is 0.00951 e. The SMILES string of the molecule is CN1C2CCCC1CCC2.Cl.Cl. The van der Waals surface area contributed by atoms with Crippen LogP contribution in [0, 0.1) is 0 Å². The highest BCUT2D eigenvalue weighted by atomic mass is 35.5. The van der Waals surface area contributed by atoms with Crippen LogP contribution in [0.2, 0.25) is 0 Å². The fourth-order valence-corrected chi connectivity index (χ4v) is 2.58. The molecule has 0 radical (unpaired) electrons. The molecule has 2 rings (SSSR count). The average molecular weight is 212 g/mol. The van der Waals surface area contributed by atoms with Gasteiger partial charge < -0.3 is 4.90 Å². The predicted molar refractivity (Wildman–Crippen MR) is 57.5 cm³/mol. The Morgan fingerprint density at radius 2 is 1.17 bits per heavy atom. The normalized spacial score (nSPS) is 34.8.